The lowest BCUT2D eigenvalue weighted by Gasteiger charge is -2.11. The molecule has 0 aliphatic rings. The highest BCUT2D eigenvalue weighted by atomic mass is 14.7. The Morgan fingerprint density at radius 2 is 1.56 bits per heavy atom. The van der Waals surface area contributed by atoms with E-state index in [0.29, 0.717) is 6.54 Å². The highest BCUT2D eigenvalue weighted by molar-refractivity contribution is 6.07. The van der Waals surface area contributed by atoms with Crippen molar-refractivity contribution >= 4 is 21.5 Å². The van der Waals surface area contributed by atoms with E-state index >= 15 is 0 Å². The van der Waals surface area contributed by atoms with Crippen LogP contribution in [0.25, 0.3) is 21.5 Å². The maximum absolute atomic E-state index is 5.97. The maximum Gasteiger partial charge on any atom is 0.0419 e. The van der Waals surface area contributed by atoms with Crippen molar-refractivity contribution in [3.05, 3.63) is 60.2 Å². The highest BCUT2D eigenvalue weighted by Crippen LogP contribution is 2.27. The summed E-state index contributed by atoms with van der Waals surface area (Å²) in [6.45, 7) is 0.471. The summed E-state index contributed by atoms with van der Waals surface area (Å²) in [7, 11) is 0. The summed E-state index contributed by atoms with van der Waals surface area (Å²) >= 11 is 0. The van der Waals surface area contributed by atoms with Crippen LogP contribution >= 0.6 is 0 Å². The van der Waals surface area contributed by atoms with Crippen LogP contribution in [0.3, 0.4) is 0 Å². The molecule has 0 aliphatic carbocycles. The lowest BCUT2D eigenvalue weighted by molar-refractivity contribution is 0.738. The Kier molecular flexibility index (Phi) is 2.74. The molecule has 90 valence electrons. The molecule has 1 atom stereocenters. The summed E-state index contributed by atoms with van der Waals surface area (Å²) in [4.78, 5) is 0. The minimum absolute atomic E-state index is 0.0825. The lowest BCUT2D eigenvalue weighted by Crippen LogP contribution is -2.20. The van der Waals surface area contributed by atoms with E-state index in [0.717, 1.165) is 5.56 Å². The molecule has 3 aromatic carbocycles. The van der Waals surface area contributed by atoms with Crippen LogP contribution in [0.15, 0.2) is 54.6 Å². The van der Waals surface area contributed by atoms with Gasteiger partial charge in [0.05, 0.1) is 0 Å². The van der Waals surface area contributed by atoms with Crippen molar-refractivity contribution in [1.82, 2.24) is 0 Å². The molecule has 0 spiro atoms. The zero-order chi connectivity index (χ0) is 12.5. The Bertz CT molecular complexity index is 704. The number of benzene rings is 3. The molecule has 3 aromatic rings. The number of rotatable bonds is 2. The molecular formula is C16H16N2. The predicted octanol–water partition coefficient (Wildman–Crippen LogP) is 2.95. The smallest absolute Gasteiger partial charge is 0.0419 e. The van der Waals surface area contributed by atoms with Crippen molar-refractivity contribution in [3.63, 3.8) is 0 Å². The zero-order valence-corrected chi connectivity index (χ0v) is 10.1. The number of hydrogen-bond donors (Lipinski definition) is 2. The van der Waals surface area contributed by atoms with E-state index < -0.39 is 0 Å². The third-order valence-corrected chi connectivity index (χ3v) is 3.45. The van der Waals surface area contributed by atoms with Gasteiger partial charge in [0.2, 0.25) is 0 Å². The van der Waals surface area contributed by atoms with Gasteiger partial charge in [-0.25, -0.2) is 0 Å². The molecule has 0 radical (unpaired) electrons. The van der Waals surface area contributed by atoms with Gasteiger partial charge < -0.3 is 11.5 Å². The Morgan fingerprint density at radius 1 is 0.833 bits per heavy atom. The quantitative estimate of drug-likeness (QED) is 0.672. The van der Waals surface area contributed by atoms with Gasteiger partial charge in [-0.3, -0.25) is 0 Å². The SMILES string of the molecule is NC[C@H](N)c1ccc2c(ccc3ccccc32)c1. The molecule has 2 heteroatoms. The van der Waals surface area contributed by atoms with Crippen LogP contribution in [0.4, 0.5) is 0 Å². The van der Waals surface area contributed by atoms with E-state index in [9.17, 15) is 0 Å². The molecule has 0 saturated carbocycles. The molecule has 18 heavy (non-hydrogen) atoms. The average Bonchev–Trinajstić information content (AvgIpc) is 2.45. The van der Waals surface area contributed by atoms with E-state index in [2.05, 4.69) is 54.6 Å². The highest BCUT2D eigenvalue weighted by Gasteiger charge is 2.05. The number of nitrogens with two attached hydrogens (primary N) is 2. The predicted molar refractivity (Wildman–Crippen MR) is 77.4 cm³/mol. The van der Waals surface area contributed by atoms with Crippen LogP contribution in [0.5, 0.6) is 0 Å². The normalized spacial score (nSPS) is 13.0. The second-order valence-electron chi connectivity index (χ2n) is 4.61. The molecule has 2 nitrogen and oxygen atoms in total. The molecule has 0 saturated heterocycles. The van der Waals surface area contributed by atoms with Gasteiger partial charge in [0.15, 0.2) is 0 Å². The topological polar surface area (TPSA) is 52.0 Å². The van der Waals surface area contributed by atoms with Gasteiger partial charge in [-0.15, -0.1) is 0 Å². The first-order valence-corrected chi connectivity index (χ1v) is 6.16. The minimum atomic E-state index is -0.0825. The van der Waals surface area contributed by atoms with Crippen molar-refractivity contribution < 1.29 is 0 Å². The maximum atomic E-state index is 5.97. The molecule has 0 aromatic heterocycles. The van der Waals surface area contributed by atoms with Gasteiger partial charge in [0.1, 0.15) is 0 Å². The van der Waals surface area contributed by atoms with E-state index in [-0.39, 0.29) is 6.04 Å². The van der Waals surface area contributed by atoms with E-state index in [1.165, 1.54) is 21.5 Å². The van der Waals surface area contributed by atoms with Crippen LogP contribution in [0.1, 0.15) is 11.6 Å². The Labute approximate surface area is 106 Å². The first-order chi connectivity index (χ1) is 8.79. The summed E-state index contributed by atoms with van der Waals surface area (Å²) in [6, 6.07) is 19.0. The van der Waals surface area contributed by atoms with Gasteiger partial charge in [-0.2, -0.15) is 0 Å². The first kappa shape index (κ1) is 11.2. The van der Waals surface area contributed by atoms with Gasteiger partial charge in [-0.1, -0.05) is 48.5 Å². The second-order valence-corrected chi connectivity index (χ2v) is 4.61. The molecule has 3 rings (SSSR count). The monoisotopic (exact) mass is 236 g/mol. The van der Waals surface area contributed by atoms with Crippen molar-refractivity contribution in [2.45, 2.75) is 6.04 Å². The van der Waals surface area contributed by atoms with E-state index in [4.69, 9.17) is 11.5 Å². The zero-order valence-electron chi connectivity index (χ0n) is 10.1. The van der Waals surface area contributed by atoms with Gasteiger partial charge in [0.25, 0.3) is 0 Å². The molecule has 0 bridgehead atoms. The lowest BCUT2D eigenvalue weighted by atomic mass is 9.98. The van der Waals surface area contributed by atoms with Crippen LogP contribution in [0, 0.1) is 0 Å². The molecule has 0 fully saturated rings. The largest absolute Gasteiger partial charge is 0.329 e. The van der Waals surface area contributed by atoms with Crippen molar-refractivity contribution in [3.8, 4) is 0 Å². The Balaban J connectivity index is 2.28. The van der Waals surface area contributed by atoms with Crippen LogP contribution < -0.4 is 11.5 Å². The molecule has 0 aliphatic heterocycles. The minimum Gasteiger partial charge on any atom is -0.329 e. The fraction of sp³-hybridized carbons (Fsp3) is 0.125. The standard InChI is InChI=1S/C16H16N2/c17-10-16(18)13-7-8-15-12(9-13)6-5-11-3-1-2-4-14(11)15/h1-9,16H,10,17-18H2/t16-/m0/s1. The second kappa shape index (κ2) is 4.41. The third-order valence-electron chi connectivity index (χ3n) is 3.45. The molecule has 0 unspecified atom stereocenters. The third kappa shape index (κ3) is 1.76. The fourth-order valence-corrected chi connectivity index (χ4v) is 2.40. The van der Waals surface area contributed by atoms with Gasteiger partial charge in [-0.05, 0) is 33.2 Å². The molecular weight excluding hydrogens is 220 g/mol. The summed E-state index contributed by atoms with van der Waals surface area (Å²) in [5.41, 5.74) is 12.7. The van der Waals surface area contributed by atoms with Crippen LogP contribution in [-0.4, -0.2) is 6.54 Å². The average molecular weight is 236 g/mol. The summed E-state index contributed by atoms with van der Waals surface area (Å²) < 4.78 is 0. The summed E-state index contributed by atoms with van der Waals surface area (Å²) in [5.74, 6) is 0. The summed E-state index contributed by atoms with van der Waals surface area (Å²) in [6.07, 6.45) is 0. The van der Waals surface area contributed by atoms with Crippen molar-refractivity contribution in [1.29, 1.82) is 0 Å². The van der Waals surface area contributed by atoms with Crippen LogP contribution in [-0.2, 0) is 0 Å². The fourth-order valence-electron chi connectivity index (χ4n) is 2.40. The van der Waals surface area contributed by atoms with Crippen molar-refractivity contribution in [2.24, 2.45) is 11.5 Å². The van der Waals surface area contributed by atoms with E-state index in [1.54, 1.807) is 0 Å². The Morgan fingerprint density at radius 3 is 2.39 bits per heavy atom. The van der Waals surface area contributed by atoms with Crippen LogP contribution in [0.2, 0.25) is 0 Å². The summed E-state index contributed by atoms with van der Waals surface area (Å²) in [5, 5.41) is 5.03. The molecule has 0 heterocycles. The van der Waals surface area contributed by atoms with Gasteiger partial charge >= 0.3 is 0 Å². The van der Waals surface area contributed by atoms with Gasteiger partial charge in [0, 0.05) is 12.6 Å². The van der Waals surface area contributed by atoms with Crippen molar-refractivity contribution in [2.75, 3.05) is 6.54 Å². The van der Waals surface area contributed by atoms with E-state index in [1.807, 2.05) is 0 Å². The number of hydrogen-bond acceptors (Lipinski definition) is 2. The molecule has 4 N–H and O–H groups in total. The Hall–Kier alpha value is -1.90. The first-order valence-electron chi connectivity index (χ1n) is 6.16. The number of fused-ring (bicyclic) bond motifs is 3. The molecule has 0 amide bonds.